The lowest BCUT2D eigenvalue weighted by Gasteiger charge is -2.11. The standard InChI is InChI=1S/C21H17NO4.H2O4S/c1-3-22-10-16-13(6-7-17(24-2)21(16)23)14-5-4-12-8-18-19(26-11-25-18)9-15(12)20(14)22;1-5(2,3)4/h4-10H,3,11H2,1-2H3;(H2,1,2,3,4). The summed E-state index contributed by atoms with van der Waals surface area (Å²) in [7, 11) is -3.61. The molecule has 0 unspecified atom stereocenters. The summed E-state index contributed by atoms with van der Waals surface area (Å²) in [6, 6.07) is 12.0. The van der Waals surface area contributed by atoms with Gasteiger partial charge in [-0.25, -0.2) is 0 Å². The zero-order valence-corrected chi connectivity index (χ0v) is 17.4. The number of rotatable bonds is 2. The zero-order chi connectivity index (χ0) is 22.3. The van der Waals surface area contributed by atoms with Crippen LogP contribution in [0.5, 0.6) is 23.0 Å². The molecule has 0 radical (unpaired) electrons. The highest BCUT2D eigenvalue weighted by Gasteiger charge is 2.22. The molecule has 0 atom stereocenters. The van der Waals surface area contributed by atoms with E-state index in [-0.39, 0.29) is 14.0 Å². The number of methoxy groups -OCH3 is 1. The third kappa shape index (κ3) is 3.88. The Bertz CT molecular complexity index is 1430. The molecule has 0 spiro atoms. The largest absolute Gasteiger partial charge is 1.00 e. The van der Waals surface area contributed by atoms with Gasteiger partial charge >= 0.3 is 1.43 Å². The van der Waals surface area contributed by atoms with E-state index in [4.69, 9.17) is 31.7 Å². The number of nitrogens with zero attached hydrogens (tertiary/aromatic N) is 1. The molecule has 0 aliphatic carbocycles. The third-order valence-corrected chi connectivity index (χ3v) is 5.09. The predicted molar refractivity (Wildman–Crippen MR) is 111 cm³/mol. The van der Waals surface area contributed by atoms with Gasteiger partial charge in [0, 0.05) is 15.8 Å². The number of aromatic hydroxyl groups is 1. The number of phenolic OH excluding ortho intramolecular Hbond substituents is 1. The Morgan fingerprint density at radius 1 is 1.06 bits per heavy atom. The molecule has 9 nitrogen and oxygen atoms in total. The Balaban J connectivity index is 0.000000438. The summed E-state index contributed by atoms with van der Waals surface area (Å²) in [5.74, 6) is 2.19. The Hall–Kier alpha value is -3.34. The van der Waals surface area contributed by atoms with E-state index in [9.17, 15) is 5.11 Å². The van der Waals surface area contributed by atoms with Gasteiger partial charge in [-0.1, -0.05) is 6.07 Å². The molecule has 0 saturated heterocycles. The lowest BCUT2D eigenvalue weighted by Crippen LogP contribution is -2.33. The summed E-state index contributed by atoms with van der Waals surface area (Å²) in [5.41, 5.74) is 1.11. The molecule has 1 N–H and O–H groups in total. The molecule has 3 aromatic carbocycles. The van der Waals surface area contributed by atoms with Crippen LogP contribution in [0.1, 0.15) is 8.35 Å². The van der Waals surface area contributed by atoms with Crippen molar-refractivity contribution in [2.24, 2.45) is 0 Å². The third-order valence-electron chi connectivity index (χ3n) is 5.09. The SMILES string of the molecule is CC[n+]1cc2c(O)c(OC)ccc2c2ccc3cc4c(cc3c21)OCO4.O=S(=O)([O-])[O-].[H+]. The van der Waals surface area contributed by atoms with Crippen molar-refractivity contribution in [1.29, 1.82) is 0 Å². The molecule has 31 heavy (non-hydrogen) atoms. The Morgan fingerprint density at radius 2 is 1.71 bits per heavy atom. The van der Waals surface area contributed by atoms with E-state index in [1.54, 1.807) is 13.2 Å². The zero-order valence-electron chi connectivity index (χ0n) is 17.6. The number of benzene rings is 3. The lowest BCUT2D eigenvalue weighted by molar-refractivity contribution is -0.665. The van der Waals surface area contributed by atoms with E-state index in [1.165, 1.54) is 0 Å². The maximum Gasteiger partial charge on any atom is 1.00 e. The fourth-order valence-corrected chi connectivity index (χ4v) is 3.81. The van der Waals surface area contributed by atoms with Gasteiger partial charge in [0.15, 0.2) is 29.2 Å². The summed E-state index contributed by atoms with van der Waals surface area (Å²) >= 11 is 0. The summed E-state index contributed by atoms with van der Waals surface area (Å²) in [6.07, 6.45) is 1.99. The van der Waals surface area contributed by atoms with Crippen LogP contribution in [0.4, 0.5) is 0 Å². The lowest BCUT2D eigenvalue weighted by atomic mass is 10.00. The van der Waals surface area contributed by atoms with Crippen molar-refractivity contribution in [3.63, 3.8) is 0 Å². The van der Waals surface area contributed by atoms with Crippen LogP contribution < -0.4 is 18.8 Å². The molecule has 1 aliphatic heterocycles. The number of phenols is 1. The number of pyridine rings is 1. The first-order valence-electron chi connectivity index (χ1n) is 9.26. The first kappa shape index (κ1) is 20.9. The van der Waals surface area contributed by atoms with Crippen molar-refractivity contribution in [3.05, 3.63) is 42.6 Å². The molecule has 4 aromatic rings. The van der Waals surface area contributed by atoms with E-state index >= 15 is 0 Å². The summed E-state index contributed by atoms with van der Waals surface area (Å²) in [4.78, 5) is 0. The minimum Gasteiger partial charge on any atom is -0.759 e. The maximum absolute atomic E-state index is 10.6. The number of hydrogen-bond donors (Lipinski definition) is 1. The summed E-state index contributed by atoms with van der Waals surface area (Å²) in [6.45, 7) is 3.12. The fourth-order valence-electron chi connectivity index (χ4n) is 3.81. The Labute approximate surface area is 179 Å². The van der Waals surface area contributed by atoms with Crippen molar-refractivity contribution in [3.8, 4) is 23.0 Å². The Morgan fingerprint density at radius 3 is 2.35 bits per heavy atom. The first-order chi connectivity index (χ1) is 14.7. The Kier molecular flexibility index (Phi) is 5.21. The van der Waals surface area contributed by atoms with Crippen LogP contribution in [0.15, 0.2) is 42.6 Å². The van der Waals surface area contributed by atoms with Gasteiger partial charge < -0.3 is 28.4 Å². The minimum absolute atomic E-state index is 0. The highest BCUT2D eigenvalue weighted by molar-refractivity contribution is 7.79. The second kappa shape index (κ2) is 7.73. The average molecular weight is 445 g/mol. The van der Waals surface area contributed by atoms with Crippen molar-refractivity contribution in [2.45, 2.75) is 13.5 Å². The van der Waals surface area contributed by atoms with Gasteiger partial charge in [0.25, 0.3) is 0 Å². The van der Waals surface area contributed by atoms with Gasteiger partial charge in [-0.05, 0) is 42.6 Å². The molecule has 1 aromatic heterocycles. The van der Waals surface area contributed by atoms with E-state index in [0.717, 1.165) is 50.5 Å². The van der Waals surface area contributed by atoms with Crippen molar-refractivity contribution in [1.82, 2.24) is 0 Å². The van der Waals surface area contributed by atoms with Crippen LogP contribution in [0.3, 0.4) is 0 Å². The van der Waals surface area contributed by atoms with Crippen LogP contribution in [-0.4, -0.2) is 36.5 Å². The second-order valence-corrected chi connectivity index (χ2v) is 7.61. The first-order valence-corrected chi connectivity index (χ1v) is 10.6. The van der Waals surface area contributed by atoms with Gasteiger partial charge in [0.05, 0.1) is 23.3 Å². The topological polar surface area (TPSA) is 132 Å². The number of fused-ring (bicyclic) bond motifs is 6. The molecule has 0 bridgehead atoms. The molecular weight excluding hydrogens is 426 g/mol. The molecular formula is C21H19NO8S. The monoisotopic (exact) mass is 445 g/mol. The second-order valence-electron chi connectivity index (χ2n) is 6.79. The molecule has 2 heterocycles. The summed E-state index contributed by atoms with van der Waals surface area (Å²) < 4.78 is 52.6. The average Bonchev–Trinajstić information content (AvgIpc) is 3.17. The molecule has 0 amide bonds. The van der Waals surface area contributed by atoms with E-state index in [0.29, 0.717) is 5.75 Å². The van der Waals surface area contributed by atoms with Crippen LogP contribution >= 0.6 is 0 Å². The normalized spacial score (nSPS) is 12.8. The highest BCUT2D eigenvalue weighted by Crippen LogP contribution is 2.41. The molecule has 1 aliphatic rings. The van der Waals surface area contributed by atoms with E-state index < -0.39 is 10.4 Å². The molecule has 5 rings (SSSR count). The van der Waals surface area contributed by atoms with Gasteiger partial charge in [0.2, 0.25) is 12.3 Å². The quantitative estimate of drug-likeness (QED) is 0.216. The van der Waals surface area contributed by atoms with Gasteiger partial charge in [0.1, 0.15) is 6.54 Å². The molecule has 0 fully saturated rings. The predicted octanol–water partition coefficient (Wildman–Crippen LogP) is 2.67. The molecule has 162 valence electrons. The van der Waals surface area contributed by atoms with Gasteiger partial charge in [-0.15, -0.1) is 0 Å². The van der Waals surface area contributed by atoms with Crippen LogP contribution in [0.2, 0.25) is 0 Å². The smallest absolute Gasteiger partial charge is 0.759 e. The van der Waals surface area contributed by atoms with Gasteiger partial charge in [-0.3, -0.25) is 8.42 Å². The summed E-state index contributed by atoms with van der Waals surface area (Å²) in [5, 5.41) is 15.6. The fraction of sp³-hybridized carbons (Fsp3) is 0.190. The minimum atomic E-state index is -5.17. The van der Waals surface area contributed by atoms with Crippen molar-refractivity contribution < 1.29 is 42.8 Å². The number of hydrogen-bond acceptors (Lipinski definition) is 8. The van der Waals surface area contributed by atoms with Gasteiger partial charge in [-0.2, -0.15) is 4.57 Å². The van der Waals surface area contributed by atoms with E-state index in [2.05, 4.69) is 23.6 Å². The number of aryl methyl sites for hydroxylation is 1. The van der Waals surface area contributed by atoms with E-state index in [1.807, 2.05) is 24.4 Å². The van der Waals surface area contributed by atoms with Crippen LogP contribution in [0, 0.1) is 0 Å². The van der Waals surface area contributed by atoms with Crippen molar-refractivity contribution in [2.75, 3.05) is 13.9 Å². The highest BCUT2D eigenvalue weighted by atomic mass is 32.3. The number of ether oxygens (including phenoxy) is 3. The maximum atomic E-state index is 10.6. The number of aromatic nitrogens is 1. The molecule has 0 saturated carbocycles. The molecule has 10 heteroatoms. The van der Waals surface area contributed by atoms with Crippen LogP contribution in [0.25, 0.3) is 32.4 Å². The van der Waals surface area contributed by atoms with Crippen molar-refractivity contribution >= 4 is 42.8 Å². The van der Waals surface area contributed by atoms with Crippen LogP contribution in [-0.2, 0) is 16.9 Å².